The Labute approximate surface area is 134 Å². The lowest BCUT2D eigenvalue weighted by atomic mass is 10.1. The van der Waals surface area contributed by atoms with Crippen molar-refractivity contribution in [2.75, 3.05) is 33.1 Å². The first-order valence-electron chi connectivity index (χ1n) is 6.98. The quantitative estimate of drug-likeness (QED) is 0.860. The molecule has 0 spiro atoms. The zero-order valence-electron chi connectivity index (χ0n) is 13.0. The molecule has 118 valence electrons. The molecule has 0 fully saturated rings. The van der Waals surface area contributed by atoms with Gasteiger partial charge in [-0.1, -0.05) is 12.1 Å². The molecule has 2 aromatic rings. The summed E-state index contributed by atoms with van der Waals surface area (Å²) in [5.74, 6) is 0.639. The number of hydrogen-bond donors (Lipinski definition) is 2. The van der Waals surface area contributed by atoms with Crippen LogP contribution in [-0.4, -0.2) is 38.7 Å². The second-order valence-electron chi connectivity index (χ2n) is 5.07. The van der Waals surface area contributed by atoms with Crippen molar-refractivity contribution in [1.29, 1.82) is 0 Å². The van der Waals surface area contributed by atoms with E-state index >= 15 is 0 Å². The van der Waals surface area contributed by atoms with Gasteiger partial charge in [-0.05, 0) is 48.6 Å². The van der Waals surface area contributed by atoms with E-state index in [1.54, 1.807) is 24.5 Å². The number of rotatable bonds is 6. The number of nitrogens with one attached hydrogen (secondary N) is 2. The number of methoxy groups -OCH3 is 1. The van der Waals surface area contributed by atoms with Crippen LogP contribution < -0.4 is 15.4 Å². The van der Waals surface area contributed by atoms with Crippen LogP contribution in [0.4, 0.5) is 10.5 Å². The number of ether oxygens (including phenoxy) is 1. The van der Waals surface area contributed by atoms with Crippen LogP contribution in [0.3, 0.4) is 0 Å². The Morgan fingerprint density at radius 1 is 1.32 bits per heavy atom. The van der Waals surface area contributed by atoms with Gasteiger partial charge < -0.3 is 20.3 Å². The van der Waals surface area contributed by atoms with Gasteiger partial charge in [-0.25, -0.2) is 4.79 Å². The van der Waals surface area contributed by atoms with E-state index < -0.39 is 0 Å². The topological polar surface area (TPSA) is 53.6 Å². The van der Waals surface area contributed by atoms with Gasteiger partial charge in [-0.3, -0.25) is 0 Å². The molecule has 22 heavy (non-hydrogen) atoms. The Hall–Kier alpha value is -2.05. The highest BCUT2D eigenvalue weighted by atomic mass is 32.1. The molecule has 1 aromatic carbocycles. The van der Waals surface area contributed by atoms with Gasteiger partial charge in [0.15, 0.2) is 0 Å². The van der Waals surface area contributed by atoms with E-state index in [2.05, 4.69) is 27.0 Å². The minimum Gasteiger partial charge on any atom is -0.495 e. The fraction of sp³-hybridized carbons (Fsp3) is 0.312. The summed E-state index contributed by atoms with van der Waals surface area (Å²) in [6.07, 6.45) is 0. The fourth-order valence-corrected chi connectivity index (χ4v) is 2.87. The molecule has 0 unspecified atom stereocenters. The summed E-state index contributed by atoms with van der Waals surface area (Å²) in [6.45, 7) is 0.532. The number of amides is 2. The normalized spacial score (nSPS) is 12.0. The zero-order valence-corrected chi connectivity index (χ0v) is 13.8. The number of hydrogen-bond acceptors (Lipinski definition) is 4. The highest BCUT2D eigenvalue weighted by Gasteiger charge is 2.16. The highest BCUT2D eigenvalue weighted by molar-refractivity contribution is 7.07. The van der Waals surface area contributed by atoms with Gasteiger partial charge in [-0.15, -0.1) is 0 Å². The van der Waals surface area contributed by atoms with Crippen molar-refractivity contribution in [2.24, 2.45) is 0 Å². The molecular weight excluding hydrogens is 298 g/mol. The van der Waals surface area contributed by atoms with Gasteiger partial charge in [-0.2, -0.15) is 11.3 Å². The molecule has 6 heteroatoms. The molecular formula is C16H21N3O2S. The molecule has 0 aliphatic rings. The Bertz CT molecular complexity index is 599. The van der Waals surface area contributed by atoms with E-state index in [1.807, 2.05) is 37.7 Å². The monoisotopic (exact) mass is 319 g/mol. The van der Waals surface area contributed by atoms with Crippen molar-refractivity contribution in [2.45, 2.75) is 6.04 Å². The second kappa shape index (κ2) is 7.82. The Balaban J connectivity index is 1.94. The summed E-state index contributed by atoms with van der Waals surface area (Å²) in [6, 6.07) is 9.31. The summed E-state index contributed by atoms with van der Waals surface area (Å²) in [5.41, 5.74) is 1.85. The number of urea groups is 1. The number of thiophene rings is 1. The van der Waals surface area contributed by atoms with Gasteiger partial charge >= 0.3 is 6.03 Å². The van der Waals surface area contributed by atoms with Crippen molar-refractivity contribution in [3.63, 3.8) is 0 Å². The zero-order chi connectivity index (χ0) is 15.9. The molecule has 2 N–H and O–H groups in total. The van der Waals surface area contributed by atoms with Crippen molar-refractivity contribution in [1.82, 2.24) is 10.2 Å². The largest absolute Gasteiger partial charge is 0.495 e. The van der Waals surface area contributed by atoms with Gasteiger partial charge in [0.2, 0.25) is 0 Å². The Morgan fingerprint density at radius 3 is 2.73 bits per heavy atom. The van der Waals surface area contributed by atoms with Gasteiger partial charge in [0, 0.05) is 6.54 Å². The summed E-state index contributed by atoms with van der Waals surface area (Å²) in [5, 5.41) is 9.86. The SMILES string of the molecule is COc1ccccc1NC(=O)NC[C@@H](c1ccsc1)N(C)C. The summed E-state index contributed by atoms with van der Waals surface area (Å²) in [4.78, 5) is 14.2. The van der Waals surface area contributed by atoms with Crippen molar-refractivity contribution < 1.29 is 9.53 Å². The molecule has 0 bridgehead atoms. The third kappa shape index (κ3) is 4.22. The average molecular weight is 319 g/mol. The summed E-state index contributed by atoms with van der Waals surface area (Å²) < 4.78 is 5.22. The first-order chi connectivity index (χ1) is 10.6. The molecule has 0 radical (unpaired) electrons. The standard InChI is InChI=1S/C16H21N3O2S/c1-19(2)14(12-8-9-22-11-12)10-17-16(20)18-13-6-4-5-7-15(13)21-3/h4-9,11,14H,10H2,1-3H3,(H2,17,18,20)/t14-/m0/s1. The van der Waals surface area contributed by atoms with E-state index in [0.29, 0.717) is 18.0 Å². The predicted molar refractivity (Wildman–Crippen MR) is 90.8 cm³/mol. The number of benzene rings is 1. The van der Waals surface area contributed by atoms with E-state index in [-0.39, 0.29) is 12.1 Å². The number of nitrogens with zero attached hydrogens (tertiary/aromatic N) is 1. The van der Waals surface area contributed by atoms with Crippen LogP contribution in [0.1, 0.15) is 11.6 Å². The summed E-state index contributed by atoms with van der Waals surface area (Å²) >= 11 is 1.66. The third-order valence-electron chi connectivity index (χ3n) is 3.36. The number of para-hydroxylation sites is 2. The van der Waals surface area contributed by atoms with Crippen LogP contribution in [-0.2, 0) is 0 Å². The molecule has 0 saturated carbocycles. The van der Waals surface area contributed by atoms with Crippen LogP contribution in [0.15, 0.2) is 41.1 Å². The maximum absolute atomic E-state index is 12.1. The highest BCUT2D eigenvalue weighted by Crippen LogP contribution is 2.23. The van der Waals surface area contributed by atoms with Crippen molar-refractivity contribution in [3.8, 4) is 5.75 Å². The molecule has 1 heterocycles. The predicted octanol–water partition coefficient (Wildman–Crippen LogP) is 3.18. The summed E-state index contributed by atoms with van der Waals surface area (Å²) in [7, 11) is 5.58. The van der Waals surface area contributed by atoms with Gasteiger partial charge in [0.25, 0.3) is 0 Å². The third-order valence-corrected chi connectivity index (χ3v) is 4.06. The van der Waals surface area contributed by atoms with E-state index in [9.17, 15) is 4.79 Å². The first kappa shape index (κ1) is 16.3. The maximum Gasteiger partial charge on any atom is 0.319 e. The molecule has 1 aromatic heterocycles. The number of anilines is 1. The average Bonchev–Trinajstić information content (AvgIpc) is 3.01. The van der Waals surface area contributed by atoms with E-state index in [1.165, 1.54) is 5.56 Å². The fourth-order valence-electron chi connectivity index (χ4n) is 2.17. The molecule has 2 rings (SSSR count). The van der Waals surface area contributed by atoms with Crippen molar-refractivity contribution >= 4 is 23.1 Å². The molecule has 0 aliphatic heterocycles. The van der Waals surface area contributed by atoms with Gasteiger partial charge in [0.05, 0.1) is 18.8 Å². The Morgan fingerprint density at radius 2 is 2.09 bits per heavy atom. The van der Waals surface area contributed by atoms with Crippen LogP contribution >= 0.6 is 11.3 Å². The van der Waals surface area contributed by atoms with Crippen LogP contribution in [0.25, 0.3) is 0 Å². The lowest BCUT2D eigenvalue weighted by Crippen LogP contribution is -2.36. The first-order valence-corrected chi connectivity index (χ1v) is 7.92. The Kier molecular flexibility index (Phi) is 5.80. The maximum atomic E-state index is 12.1. The van der Waals surface area contributed by atoms with Crippen LogP contribution in [0, 0.1) is 0 Å². The smallest absolute Gasteiger partial charge is 0.319 e. The van der Waals surface area contributed by atoms with E-state index in [0.717, 1.165) is 0 Å². The number of carbonyl (C=O) groups is 1. The minimum absolute atomic E-state index is 0.148. The minimum atomic E-state index is -0.244. The van der Waals surface area contributed by atoms with E-state index in [4.69, 9.17) is 4.74 Å². The molecule has 5 nitrogen and oxygen atoms in total. The molecule has 1 atom stereocenters. The van der Waals surface area contributed by atoms with Crippen LogP contribution in [0.5, 0.6) is 5.75 Å². The van der Waals surface area contributed by atoms with Crippen LogP contribution in [0.2, 0.25) is 0 Å². The van der Waals surface area contributed by atoms with Gasteiger partial charge in [0.1, 0.15) is 5.75 Å². The number of carbonyl (C=O) groups excluding carboxylic acids is 1. The molecule has 2 amide bonds. The number of likely N-dealkylation sites (N-methyl/N-ethyl adjacent to an activating group) is 1. The van der Waals surface area contributed by atoms with Crippen molar-refractivity contribution in [3.05, 3.63) is 46.7 Å². The lowest BCUT2D eigenvalue weighted by Gasteiger charge is -2.24. The lowest BCUT2D eigenvalue weighted by molar-refractivity contribution is 0.243. The molecule has 0 aliphatic carbocycles. The molecule has 0 saturated heterocycles. The second-order valence-corrected chi connectivity index (χ2v) is 5.85.